The molecule has 0 spiro atoms. The Bertz CT molecular complexity index is 514. The smallest absolute Gasteiger partial charge is 0.0730 e. The van der Waals surface area contributed by atoms with Crippen LogP contribution in [0.1, 0.15) is 37.8 Å². The summed E-state index contributed by atoms with van der Waals surface area (Å²) in [6.07, 6.45) is 0.672. The summed E-state index contributed by atoms with van der Waals surface area (Å²) in [6, 6.07) is 20.6. The second-order valence-corrected chi connectivity index (χ2v) is 6.15. The van der Waals surface area contributed by atoms with E-state index in [0.29, 0.717) is 12.3 Å². The van der Waals surface area contributed by atoms with Gasteiger partial charge in [0.2, 0.25) is 0 Å². The fraction of sp³-hybridized carbons (Fsp3) is 0.368. The molecule has 0 amide bonds. The van der Waals surface area contributed by atoms with E-state index in [4.69, 9.17) is 0 Å². The molecule has 0 aliphatic carbocycles. The van der Waals surface area contributed by atoms with Gasteiger partial charge in [-0.25, -0.2) is 0 Å². The van der Waals surface area contributed by atoms with E-state index in [2.05, 4.69) is 38.1 Å². The van der Waals surface area contributed by atoms with Crippen LogP contribution in [0.4, 0.5) is 0 Å². The highest BCUT2D eigenvalue weighted by Gasteiger charge is 2.35. The maximum Gasteiger partial charge on any atom is 0.0730 e. The fourth-order valence-corrected chi connectivity index (χ4v) is 3.24. The molecule has 2 unspecified atom stereocenters. The lowest BCUT2D eigenvalue weighted by Crippen LogP contribution is -2.38. The zero-order chi connectivity index (χ0) is 14.6. The molecule has 1 nitrogen and oxygen atoms in total. The molecule has 106 valence electrons. The summed E-state index contributed by atoms with van der Waals surface area (Å²) in [4.78, 5) is 0. The van der Waals surface area contributed by atoms with Crippen molar-refractivity contribution < 1.29 is 5.11 Å². The van der Waals surface area contributed by atoms with Crippen molar-refractivity contribution in [3.8, 4) is 0 Å². The van der Waals surface area contributed by atoms with Gasteiger partial charge in [0.25, 0.3) is 0 Å². The number of benzene rings is 2. The van der Waals surface area contributed by atoms with E-state index < -0.39 is 5.60 Å². The second kappa shape index (κ2) is 6.23. The molecule has 0 bridgehead atoms. The molecule has 0 fully saturated rings. The molecule has 0 aliphatic rings. The van der Waals surface area contributed by atoms with Crippen molar-refractivity contribution >= 4 is 0 Å². The zero-order valence-corrected chi connectivity index (χ0v) is 12.6. The predicted molar refractivity (Wildman–Crippen MR) is 84.8 cm³/mol. The Morgan fingerprint density at radius 3 is 1.90 bits per heavy atom. The van der Waals surface area contributed by atoms with Gasteiger partial charge in [0.1, 0.15) is 0 Å². The van der Waals surface area contributed by atoms with Gasteiger partial charge in [-0.05, 0) is 24.0 Å². The van der Waals surface area contributed by atoms with E-state index in [-0.39, 0.29) is 5.92 Å². The first-order valence-electron chi connectivity index (χ1n) is 7.32. The van der Waals surface area contributed by atoms with Crippen LogP contribution in [0.25, 0.3) is 0 Å². The van der Waals surface area contributed by atoms with Gasteiger partial charge in [0.05, 0.1) is 5.60 Å². The SMILES string of the molecule is CC(C)C(c1ccccc1)C(C)(O)Cc1ccccc1. The van der Waals surface area contributed by atoms with Crippen LogP contribution in [0, 0.1) is 5.92 Å². The minimum Gasteiger partial charge on any atom is -0.389 e. The van der Waals surface area contributed by atoms with Gasteiger partial charge < -0.3 is 5.11 Å². The van der Waals surface area contributed by atoms with Crippen LogP contribution in [0.2, 0.25) is 0 Å². The molecule has 20 heavy (non-hydrogen) atoms. The minimum atomic E-state index is -0.753. The molecule has 2 aromatic carbocycles. The second-order valence-electron chi connectivity index (χ2n) is 6.15. The first-order chi connectivity index (χ1) is 9.50. The fourth-order valence-electron chi connectivity index (χ4n) is 3.24. The standard InChI is InChI=1S/C19H24O/c1-15(2)18(17-12-8-5-9-13-17)19(3,20)14-16-10-6-4-7-11-16/h4-13,15,18,20H,14H2,1-3H3. The Morgan fingerprint density at radius 1 is 0.900 bits per heavy atom. The van der Waals surface area contributed by atoms with E-state index in [1.807, 2.05) is 43.3 Å². The van der Waals surface area contributed by atoms with E-state index in [1.165, 1.54) is 11.1 Å². The van der Waals surface area contributed by atoms with E-state index >= 15 is 0 Å². The number of hydrogen-bond donors (Lipinski definition) is 1. The van der Waals surface area contributed by atoms with Crippen LogP contribution in [-0.4, -0.2) is 10.7 Å². The molecule has 2 aromatic rings. The molecule has 1 heteroatoms. The summed E-state index contributed by atoms with van der Waals surface area (Å²) in [5, 5.41) is 11.1. The topological polar surface area (TPSA) is 20.2 Å². The van der Waals surface area contributed by atoms with Gasteiger partial charge in [0.15, 0.2) is 0 Å². The highest BCUT2D eigenvalue weighted by Crippen LogP contribution is 2.37. The van der Waals surface area contributed by atoms with Gasteiger partial charge >= 0.3 is 0 Å². The molecule has 0 aliphatic heterocycles. The van der Waals surface area contributed by atoms with Gasteiger partial charge in [-0.1, -0.05) is 74.5 Å². The summed E-state index contributed by atoms with van der Waals surface area (Å²) in [7, 11) is 0. The first-order valence-corrected chi connectivity index (χ1v) is 7.32. The van der Waals surface area contributed by atoms with Crippen molar-refractivity contribution in [1.29, 1.82) is 0 Å². The lowest BCUT2D eigenvalue weighted by Gasteiger charge is -2.36. The van der Waals surface area contributed by atoms with E-state index in [1.54, 1.807) is 0 Å². The molecule has 0 radical (unpaired) electrons. The third kappa shape index (κ3) is 3.49. The third-order valence-corrected chi connectivity index (χ3v) is 3.90. The highest BCUT2D eigenvalue weighted by molar-refractivity contribution is 5.26. The van der Waals surface area contributed by atoms with Gasteiger partial charge in [0, 0.05) is 12.3 Å². The van der Waals surface area contributed by atoms with Crippen LogP contribution in [-0.2, 0) is 6.42 Å². The summed E-state index contributed by atoms with van der Waals surface area (Å²) in [6.45, 7) is 6.31. The van der Waals surface area contributed by atoms with Crippen molar-refractivity contribution in [1.82, 2.24) is 0 Å². The van der Waals surface area contributed by atoms with E-state index in [0.717, 1.165) is 0 Å². The van der Waals surface area contributed by atoms with Crippen molar-refractivity contribution in [2.45, 2.75) is 38.7 Å². The lowest BCUT2D eigenvalue weighted by molar-refractivity contribution is 0.0150. The van der Waals surface area contributed by atoms with Crippen molar-refractivity contribution in [3.05, 3.63) is 71.8 Å². The normalized spacial score (nSPS) is 15.8. The van der Waals surface area contributed by atoms with Gasteiger partial charge in [-0.2, -0.15) is 0 Å². The summed E-state index contributed by atoms with van der Waals surface area (Å²) in [5.41, 5.74) is 1.64. The van der Waals surface area contributed by atoms with Gasteiger partial charge in [-0.15, -0.1) is 0 Å². The highest BCUT2D eigenvalue weighted by atomic mass is 16.3. The molecule has 0 aromatic heterocycles. The van der Waals surface area contributed by atoms with Crippen LogP contribution < -0.4 is 0 Å². The number of aliphatic hydroxyl groups is 1. The van der Waals surface area contributed by atoms with Gasteiger partial charge in [-0.3, -0.25) is 0 Å². The van der Waals surface area contributed by atoms with Crippen LogP contribution >= 0.6 is 0 Å². The molecule has 2 rings (SSSR count). The average molecular weight is 268 g/mol. The monoisotopic (exact) mass is 268 g/mol. The molecular formula is C19H24O. The molecular weight excluding hydrogens is 244 g/mol. The molecule has 2 atom stereocenters. The lowest BCUT2D eigenvalue weighted by atomic mass is 9.73. The summed E-state index contributed by atoms with van der Waals surface area (Å²) < 4.78 is 0. The van der Waals surface area contributed by atoms with Crippen LogP contribution in [0.3, 0.4) is 0 Å². The largest absolute Gasteiger partial charge is 0.389 e. The summed E-state index contributed by atoms with van der Waals surface area (Å²) in [5.74, 6) is 0.514. The zero-order valence-electron chi connectivity index (χ0n) is 12.6. The minimum absolute atomic E-state index is 0.129. The Kier molecular flexibility index (Phi) is 4.61. The molecule has 0 saturated heterocycles. The maximum absolute atomic E-state index is 11.1. The summed E-state index contributed by atoms with van der Waals surface area (Å²) >= 11 is 0. The number of hydrogen-bond acceptors (Lipinski definition) is 1. The van der Waals surface area contributed by atoms with Crippen LogP contribution in [0.15, 0.2) is 60.7 Å². The Hall–Kier alpha value is -1.60. The third-order valence-electron chi connectivity index (χ3n) is 3.90. The van der Waals surface area contributed by atoms with Crippen molar-refractivity contribution in [2.75, 3.05) is 0 Å². The molecule has 1 N–H and O–H groups in total. The van der Waals surface area contributed by atoms with Crippen LogP contribution in [0.5, 0.6) is 0 Å². The number of rotatable bonds is 5. The Morgan fingerprint density at radius 2 is 1.40 bits per heavy atom. The predicted octanol–water partition coefficient (Wildman–Crippen LogP) is 4.42. The molecule has 0 heterocycles. The quantitative estimate of drug-likeness (QED) is 0.851. The van der Waals surface area contributed by atoms with E-state index in [9.17, 15) is 5.11 Å². The maximum atomic E-state index is 11.1. The Labute approximate surface area is 122 Å². The van der Waals surface area contributed by atoms with Crippen molar-refractivity contribution in [2.24, 2.45) is 5.92 Å². The first kappa shape index (κ1) is 14.8. The van der Waals surface area contributed by atoms with Crippen molar-refractivity contribution in [3.63, 3.8) is 0 Å². The average Bonchev–Trinajstić information content (AvgIpc) is 2.39. The Balaban J connectivity index is 2.28. The molecule has 0 saturated carbocycles.